The minimum absolute atomic E-state index is 0.226. The summed E-state index contributed by atoms with van der Waals surface area (Å²) in [5, 5.41) is 4.01. The predicted octanol–water partition coefficient (Wildman–Crippen LogP) is 1.52. The molecular formula is C13H21N3O3. The van der Waals surface area contributed by atoms with Crippen molar-refractivity contribution in [3.8, 4) is 0 Å². The Kier molecular flexibility index (Phi) is 3.56. The van der Waals surface area contributed by atoms with Crippen LogP contribution in [0.5, 0.6) is 0 Å². The van der Waals surface area contributed by atoms with Crippen LogP contribution >= 0.6 is 0 Å². The summed E-state index contributed by atoms with van der Waals surface area (Å²) in [6, 6.07) is 0. The smallest absolute Gasteiger partial charge is 0.246 e. The van der Waals surface area contributed by atoms with E-state index in [1.165, 1.54) is 6.42 Å². The molecule has 0 spiro atoms. The van der Waals surface area contributed by atoms with Crippen LogP contribution in [-0.2, 0) is 15.0 Å². The molecule has 3 rings (SSSR count). The van der Waals surface area contributed by atoms with E-state index in [1.54, 1.807) is 0 Å². The van der Waals surface area contributed by atoms with Crippen molar-refractivity contribution in [2.45, 2.75) is 44.2 Å². The van der Waals surface area contributed by atoms with Crippen molar-refractivity contribution >= 4 is 0 Å². The molecule has 1 aliphatic carbocycles. The third-order valence-electron chi connectivity index (χ3n) is 4.00. The molecule has 3 atom stereocenters. The topological polar surface area (TPSA) is 83.4 Å². The van der Waals surface area contributed by atoms with E-state index in [0.29, 0.717) is 37.5 Å². The van der Waals surface area contributed by atoms with Crippen LogP contribution in [0.4, 0.5) is 0 Å². The van der Waals surface area contributed by atoms with Gasteiger partial charge >= 0.3 is 0 Å². The van der Waals surface area contributed by atoms with Gasteiger partial charge in [-0.2, -0.15) is 4.98 Å². The van der Waals surface area contributed by atoms with Gasteiger partial charge in [0.15, 0.2) is 0 Å². The first-order valence-electron chi connectivity index (χ1n) is 7.00. The van der Waals surface area contributed by atoms with Crippen molar-refractivity contribution in [3.05, 3.63) is 11.7 Å². The Morgan fingerprint density at radius 1 is 1.37 bits per heavy atom. The number of hydrogen-bond donors (Lipinski definition) is 1. The first-order valence-corrected chi connectivity index (χ1v) is 7.00. The van der Waals surface area contributed by atoms with Crippen LogP contribution in [0.2, 0.25) is 0 Å². The van der Waals surface area contributed by atoms with Gasteiger partial charge in [0.25, 0.3) is 0 Å². The minimum Gasteiger partial charge on any atom is -0.376 e. The SMILES string of the molecule is CC1CCCC(N)(c2nc(C3COCCO3)no2)C1. The van der Waals surface area contributed by atoms with Crippen molar-refractivity contribution in [2.24, 2.45) is 11.7 Å². The second kappa shape index (κ2) is 5.19. The first-order chi connectivity index (χ1) is 9.17. The molecular weight excluding hydrogens is 246 g/mol. The maximum atomic E-state index is 6.45. The number of hydrogen-bond acceptors (Lipinski definition) is 6. The Labute approximate surface area is 112 Å². The molecule has 106 valence electrons. The summed E-state index contributed by atoms with van der Waals surface area (Å²) in [6.45, 7) is 3.89. The van der Waals surface area contributed by atoms with Crippen molar-refractivity contribution < 1.29 is 14.0 Å². The third kappa shape index (κ3) is 2.66. The predicted molar refractivity (Wildman–Crippen MR) is 67.3 cm³/mol. The fraction of sp³-hybridized carbons (Fsp3) is 0.846. The summed E-state index contributed by atoms with van der Waals surface area (Å²) < 4.78 is 16.3. The van der Waals surface area contributed by atoms with Crippen molar-refractivity contribution in [1.29, 1.82) is 0 Å². The Balaban J connectivity index is 1.76. The Bertz CT molecular complexity index is 431. The maximum Gasteiger partial charge on any atom is 0.246 e. The molecule has 2 aliphatic rings. The highest BCUT2D eigenvalue weighted by Gasteiger charge is 2.38. The van der Waals surface area contributed by atoms with E-state index in [2.05, 4.69) is 17.1 Å². The minimum atomic E-state index is -0.474. The van der Waals surface area contributed by atoms with Gasteiger partial charge in [-0.15, -0.1) is 0 Å². The fourth-order valence-electron chi connectivity index (χ4n) is 2.99. The van der Waals surface area contributed by atoms with E-state index >= 15 is 0 Å². The van der Waals surface area contributed by atoms with Crippen LogP contribution < -0.4 is 5.73 Å². The average molecular weight is 267 g/mol. The van der Waals surface area contributed by atoms with Crippen LogP contribution in [0.25, 0.3) is 0 Å². The molecule has 0 amide bonds. The Hall–Kier alpha value is -0.980. The zero-order valence-electron chi connectivity index (χ0n) is 11.3. The van der Waals surface area contributed by atoms with Gasteiger partial charge in [-0.05, 0) is 18.8 Å². The molecule has 0 bridgehead atoms. The highest BCUT2D eigenvalue weighted by atomic mass is 16.6. The molecule has 1 aromatic rings. The summed E-state index contributed by atoms with van der Waals surface area (Å²) >= 11 is 0. The molecule has 1 saturated carbocycles. The van der Waals surface area contributed by atoms with Crippen LogP contribution in [0, 0.1) is 5.92 Å². The summed E-state index contributed by atoms with van der Waals surface area (Å²) in [6.07, 6.45) is 3.91. The van der Waals surface area contributed by atoms with E-state index < -0.39 is 5.54 Å². The lowest BCUT2D eigenvalue weighted by atomic mass is 9.77. The molecule has 6 heteroatoms. The number of nitrogens with two attached hydrogens (primary N) is 1. The lowest BCUT2D eigenvalue weighted by Gasteiger charge is -2.33. The Morgan fingerprint density at radius 3 is 3.00 bits per heavy atom. The van der Waals surface area contributed by atoms with Gasteiger partial charge in [-0.3, -0.25) is 0 Å². The first kappa shape index (κ1) is 13.0. The summed E-state index contributed by atoms with van der Waals surface area (Å²) in [5.41, 5.74) is 5.97. The largest absolute Gasteiger partial charge is 0.376 e. The molecule has 1 aliphatic heterocycles. The summed E-state index contributed by atoms with van der Waals surface area (Å²) in [7, 11) is 0. The normalized spacial score (nSPS) is 36.3. The quantitative estimate of drug-likeness (QED) is 0.874. The van der Waals surface area contributed by atoms with Gasteiger partial charge in [0.1, 0.15) is 6.10 Å². The molecule has 3 unspecified atom stereocenters. The lowest BCUT2D eigenvalue weighted by molar-refractivity contribution is -0.0941. The highest BCUT2D eigenvalue weighted by molar-refractivity contribution is 5.05. The third-order valence-corrected chi connectivity index (χ3v) is 4.00. The van der Waals surface area contributed by atoms with E-state index in [1.807, 2.05) is 0 Å². The monoisotopic (exact) mass is 267 g/mol. The summed E-state index contributed by atoms with van der Waals surface area (Å²) in [4.78, 5) is 4.46. The standard InChI is InChI=1S/C13H21N3O3/c1-9-3-2-4-13(14,7-9)12-15-11(16-19-12)10-8-17-5-6-18-10/h9-10H,2-8,14H2,1H3. The van der Waals surface area contributed by atoms with E-state index in [4.69, 9.17) is 19.7 Å². The maximum absolute atomic E-state index is 6.45. The molecule has 0 aromatic carbocycles. The molecule has 2 N–H and O–H groups in total. The zero-order valence-corrected chi connectivity index (χ0v) is 11.3. The number of ether oxygens (including phenoxy) is 2. The number of nitrogens with zero attached hydrogens (tertiary/aromatic N) is 2. The molecule has 0 radical (unpaired) electrons. The van der Waals surface area contributed by atoms with Gasteiger partial charge in [0, 0.05) is 0 Å². The zero-order chi connectivity index (χ0) is 13.3. The Morgan fingerprint density at radius 2 is 2.26 bits per heavy atom. The highest BCUT2D eigenvalue weighted by Crippen LogP contribution is 2.37. The fourth-order valence-corrected chi connectivity index (χ4v) is 2.99. The van der Waals surface area contributed by atoms with Crippen molar-refractivity contribution in [1.82, 2.24) is 10.1 Å². The van der Waals surface area contributed by atoms with Crippen LogP contribution in [0.15, 0.2) is 4.52 Å². The molecule has 2 heterocycles. The van der Waals surface area contributed by atoms with Crippen LogP contribution in [0.3, 0.4) is 0 Å². The second-order valence-corrected chi connectivity index (χ2v) is 5.75. The molecule has 1 saturated heterocycles. The van der Waals surface area contributed by atoms with E-state index in [0.717, 1.165) is 19.3 Å². The molecule has 1 aromatic heterocycles. The van der Waals surface area contributed by atoms with Crippen LogP contribution in [0.1, 0.15) is 50.4 Å². The average Bonchev–Trinajstić information content (AvgIpc) is 2.90. The number of rotatable bonds is 2. The van der Waals surface area contributed by atoms with Gasteiger partial charge in [0.05, 0.1) is 25.4 Å². The van der Waals surface area contributed by atoms with Gasteiger partial charge in [-0.25, -0.2) is 0 Å². The summed E-state index contributed by atoms with van der Waals surface area (Å²) in [5.74, 6) is 1.70. The molecule has 19 heavy (non-hydrogen) atoms. The van der Waals surface area contributed by atoms with Crippen molar-refractivity contribution in [3.63, 3.8) is 0 Å². The lowest BCUT2D eigenvalue weighted by Crippen LogP contribution is -2.41. The van der Waals surface area contributed by atoms with E-state index in [-0.39, 0.29) is 6.10 Å². The van der Waals surface area contributed by atoms with Gasteiger partial charge < -0.3 is 19.7 Å². The number of aromatic nitrogens is 2. The van der Waals surface area contributed by atoms with Crippen LogP contribution in [-0.4, -0.2) is 30.0 Å². The van der Waals surface area contributed by atoms with Gasteiger partial charge in [-0.1, -0.05) is 24.9 Å². The second-order valence-electron chi connectivity index (χ2n) is 5.75. The van der Waals surface area contributed by atoms with E-state index in [9.17, 15) is 0 Å². The van der Waals surface area contributed by atoms with Gasteiger partial charge in [0.2, 0.25) is 11.7 Å². The van der Waals surface area contributed by atoms with Crippen molar-refractivity contribution in [2.75, 3.05) is 19.8 Å². The molecule has 2 fully saturated rings. The molecule has 6 nitrogen and oxygen atoms in total.